The lowest BCUT2D eigenvalue weighted by Crippen LogP contribution is -2.39. The standard InChI is InChI=1S/C14H17BrFNO2/c1-13(2,3)19-12(18)17-14(7-8-14)11-9(15)5-4-6-10(11)16/h4-6H,7-8H2,1-3H3,(H,17,18). The Morgan fingerprint density at radius 2 is 2.05 bits per heavy atom. The number of hydrogen-bond acceptors (Lipinski definition) is 2. The predicted octanol–water partition coefficient (Wildman–Crippen LogP) is 4.10. The number of carbonyl (C=O) groups excluding carboxylic acids is 1. The van der Waals surface area contributed by atoms with Gasteiger partial charge in [-0.25, -0.2) is 9.18 Å². The first-order valence-electron chi connectivity index (χ1n) is 6.19. The maximum Gasteiger partial charge on any atom is 0.408 e. The largest absolute Gasteiger partial charge is 0.444 e. The average Bonchev–Trinajstić information content (AvgIpc) is 2.94. The van der Waals surface area contributed by atoms with Gasteiger partial charge in [-0.1, -0.05) is 22.0 Å². The molecule has 1 aliphatic carbocycles. The first-order chi connectivity index (χ1) is 8.73. The van der Waals surface area contributed by atoms with Gasteiger partial charge < -0.3 is 10.1 Å². The first kappa shape index (κ1) is 14.3. The molecule has 1 aliphatic rings. The van der Waals surface area contributed by atoms with E-state index in [1.807, 2.05) is 0 Å². The van der Waals surface area contributed by atoms with Crippen LogP contribution in [0.1, 0.15) is 39.2 Å². The molecule has 1 aromatic carbocycles. The van der Waals surface area contributed by atoms with Gasteiger partial charge >= 0.3 is 6.09 Å². The molecule has 0 aliphatic heterocycles. The van der Waals surface area contributed by atoms with Gasteiger partial charge in [0, 0.05) is 10.0 Å². The fraction of sp³-hybridized carbons (Fsp3) is 0.500. The van der Waals surface area contributed by atoms with E-state index in [4.69, 9.17) is 4.74 Å². The van der Waals surface area contributed by atoms with Crippen molar-refractivity contribution in [3.63, 3.8) is 0 Å². The molecule has 0 atom stereocenters. The second-order valence-corrected chi connectivity index (χ2v) is 6.66. The van der Waals surface area contributed by atoms with E-state index in [2.05, 4.69) is 21.2 Å². The van der Waals surface area contributed by atoms with Crippen LogP contribution in [-0.4, -0.2) is 11.7 Å². The minimum atomic E-state index is -0.632. The molecule has 0 heterocycles. The van der Waals surface area contributed by atoms with Crippen LogP contribution >= 0.6 is 15.9 Å². The van der Waals surface area contributed by atoms with Gasteiger partial charge in [0.05, 0.1) is 5.54 Å². The number of benzene rings is 1. The molecular weight excluding hydrogens is 313 g/mol. The van der Waals surface area contributed by atoms with Crippen LogP contribution in [0.2, 0.25) is 0 Å². The van der Waals surface area contributed by atoms with E-state index in [1.165, 1.54) is 6.07 Å². The van der Waals surface area contributed by atoms with E-state index in [-0.39, 0.29) is 5.82 Å². The van der Waals surface area contributed by atoms with Crippen LogP contribution < -0.4 is 5.32 Å². The topological polar surface area (TPSA) is 38.3 Å². The van der Waals surface area contributed by atoms with E-state index in [9.17, 15) is 9.18 Å². The molecule has 0 radical (unpaired) electrons. The van der Waals surface area contributed by atoms with Crippen molar-refractivity contribution in [1.82, 2.24) is 5.32 Å². The van der Waals surface area contributed by atoms with Crippen LogP contribution in [-0.2, 0) is 10.3 Å². The van der Waals surface area contributed by atoms with Crippen molar-refractivity contribution < 1.29 is 13.9 Å². The van der Waals surface area contributed by atoms with E-state index < -0.39 is 17.2 Å². The quantitative estimate of drug-likeness (QED) is 0.886. The predicted molar refractivity (Wildman–Crippen MR) is 74.4 cm³/mol. The molecular formula is C14H17BrFNO2. The highest BCUT2D eigenvalue weighted by atomic mass is 79.9. The summed E-state index contributed by atoms with van der Waals surface area (Å²) in [5.74, 6) is -0.317. The Bertz CT molecular complexity index is 486. The molecule has 1 fully saturated rings. The molecule has 19 heavy (non-hydrogen) atoms. The fourth-order valence-corrected chi connectivity index (χ4v) is 2.74. The summed E-state index contributed by atoms with van der Waals surface area (Å²) in [5, 5.41) is 2.79. The van der Waals surface area contributed by atoms with E-state index in [1.54, 1.807) is 32.9 Å². The number of amides is 1. The molecule has 3 nitrogen and oxygen atoms in total. The highest BCUT2D eigenvalue weighted by Crippen LogP contribution is 2.49. The maximum absolute atomic E-state index is 14.0. The summed E-state index contributed by atoms with van der Waals surface area (Å²) in [6.45, 7) is 5.39. The Balaban J connectivity index is 2.18. The molecule has 0 unspecified atom stereocenters. The van der Waals surface area contributed by atoms with Crippen molar-refractivity contribution in [2.24, 2.45) is 0 Å². The Morgan fingerprint density at radius 1 is 1.42 bits per heavy atom. The van der Waals surface area contributed by atoms with Crippen molar-refractivity contribution in [2.75, 3.05) is 0 Å². The lowest BCUT2D eigenvalue weighted by Gasteiger charge is -2.24. The van der Waals surface area contributed by atoms with Gasteiger partial charge in [-0.05, 0) is 45.7 Å². The molecule has 2 rings (SSSR count). The molecule has 1 amide bonds. The number of nitrogens with one attached hydrogen (secondary N) is 1. The SMILES string of the molecule is CC(C)(C)OC(=O)NC1(c2c(F)cccc2Br)CC1. The molecule has 0 bridgehead atoms. The molecule has 104 valence electrons. The number of halogens is 2. The molecule has 1 N–H and O–H groups in total. The van der Waals surface area contributed by atoms with Crippen molar-refractivity contribution >= 4 is 22.0 Å². The minimum Gasteiger partial charge on any atom is -0.444 e. The zero-order chi connectivity index (χ0) is 14.3. The monoisotopic (exact) mass is 329 g/mol. The summed E-state index contributed by atoms with van der Waals surface area (Å²) < 4.78 is 19.8. The second kappa shape index (κ2) is 4.78. The third-order valence-corrected chi connectivity index (χ3v) is 3.59. The van der Waals surface area contributed by atoms with Gasteiger partial charge in [0.25, 0.3) is 0 Å². The summed E-state index contributed by atoms with van der Waals surface area (Å²) in [6.07, 6.45) is 0.914. The first-order valence-corrected chi connectivity index (χ1v) is 6.98. The zero-order valence-electron chi connectivity index (χ0n) is 11.2. The zero-order valence-corrected chi connectivity index (χ0v) is 12.8. The van der Waals surface area contributed by atoms with Crippen LogP contribution in [0.5, 0.6) is 0 Å². The Labute approximate surface area is 120 Å². The van der Waals surface area contributed by atoms with Crippen LogP contribution in [0.4, 0.5) is 9.18 Å². The third-order valence-electron chi connectivity index (χ3n) is 2.93. The van der Waals surface area contributed by atoms with Gasteiger partial charge in [0.2, 0.25) is 0 Å². The summed E-state index contributed by atoms with van der Waals surface area (Å²) >= 11 is 3.34. The smallest absolute Gasteiger partial charge is 0.408 e. The Hall–Kier alpha value is -1.10. The Morgan fingerprint density at radius 3 is 2.53 bits per heavy atom. The van der Waals surface area contributed by atoms with Crippen molar-refractivity contribution in [3.8, 4) is 0 Å². The number of carbonyl (C=O) groups is 1. The lowest BCUT2D eigenvalue weighted by molar-refractivity contribution is 0.0494. The van der Waals surface area contributed by atoms with Gasteiger partial charge in [-0.3, -0.25) is 0 Å². The van der Waals surface area contributed by atoms with E-state index >= 15 is 0 Å². The summed E-state index contributed by atoms with van der Waals surface area (Å²) in [6, 6.07) is 4.80. The van der Waals surface area contributed by atoms with Crippen molar-refractivity contribution in [3.05, 3.63) is 34.1 Å². The van der Waals surface area contributed by atoms with Crippen LogP contribution in [0.3, 0.4) is 0 Å². The molecule has 0 saturated heterocycles. The highest BCUT2D eigenvalue weighted by molar-refractivity contribution is 9.10. The highest BCUT2D eigenvalue weighted by Gasteiger charge is 2.49. The van der Waals surface area contributed by atoms with Crippen LogP contribution in [0, 0.1) is 5.82 Å². The normalized spacial score (nSPS) is 16.9. The molecule has 5 heteroatoms. The minimum absolute atomic E-state index is 0.317. The summed E-state index contributed by atoms with van der Waals surface area (Å²) in [7, 11) is 0. The summed E-state index contributed by atoms with van der Waals surface area (Å²) in [4.78, 5) is 11.8. The molecule has 1 aromatic rings. The number of ether oxygens (including phenoxy) is 1. The van der Waals surface area contributed by atoms with E-state index in [0.717, 1.165) is 0 Å². The molecule has 0 spiro atoms. The van der Waals surface area contributed by atoms with Crippen molar-refractivity contribution in [1.29, 1.82) is 0 Å². The van der Waals surface area contributed by atoms with Crippen LogP contribution in [0.15, 0.2) is 22.7 Å². The van der Waals surface area contributed by atoms with Gasteiger partial charge in [0.15, 0.2) is 0 Å². The van der Waals surface area contributed by atoms with Gasteiger partial charge in [-0.15, -0.1) is 0 Å². The maximum atomic E-state index is 14.0. The van der Waals surface area contributed by atoms with Gasteiger partial charge in [0.1, 0.15) is 11.4 Å². The Kier molecular flexibility index (Phi) is 3.60. The van der Waals surface area contributed by atoms with Gasteiger partial charge in [-0.2, -0.15) is 0 Å². The van der Waals surface area contributed by atoms with Crippen LogP contribution in [0.25, 0.3) is 0 Å². The second-order valence-electron chi connectivity index (χ2n) is 5.81. The van der Waals surface area contributed by atoms with E-state index in [0.29, 0.717) is 22.9 Å². The molecule has 0 aromatic heterocycles. The number of rotatable bonds is 2. The lowest BCUT2D eigenvalue weighted by atomic mass is 10.0. The van der Waals surface area contributed by atoms with Crippen molar-refractivity contribution in [2.45, 2.75) is 44.8 Å². The number of alkyl carbamates (subject to hydrolysis) is 1. The molecule has 1 saturated carbocycles. The fourth-order valence-electron chi connectivity index (χ4n) is 2.02. The summed E-state index contributed by atoms with van der Waals surface area (Å²) in [5.41, 5.74) is -0.695. The third kappa shape index (κ3) is 3.26. The average molecular weight is 330 g/mol. The number of hydrogen-bond donors (Lipinski definition) is 1.